The van der Waals surface area contributed by atoms with Gasteiger partial charge in [-0.05, 0) is 41.8 Å². The lowest BCUT2D eigenvalue weighted by atomic mass is 10.1. The van der Waals surface area contributed by atoms with Crippen molar-refractivity contribution in [2.24, 2.45) is 0 Å². The van der Waals surface area contributed by atoms with Gasteiger partial charge in [-0.2, -0.15) is 0 Å². The highest BCUT2D eigenvalue weighted by atomic mass is 16.6. The maximum absolute atomic E-state index is 12.4. The fraction of sp³-hybridized carbons (Fsp3) is 0.300. The Morgan fingerprint density at radius 3 is 2.49 bits per heavy atom. The molecule has 1 aliphatic heterocycles. The fourth-order valence-corrected chi connectivity index (χ4v) is 4.03. The zero-order valence-electron chi connectivity index (χ0n) is 22.9. The van der Waals surface area contributed by atoms with Crippen molar-refractivity contribution in [2.45, 2.75) is 39.4 Å². The predicted molar refractivity (Wildman–Crippen MR) is 151 cm³/mol. The van der Waals surface area contributed by atoms with E-state index in [0.717, 1.165) is 29.5 Å². The molecule has 3 amide bonds. The molecular formula is C30H32N4O7. The Labute approximate surface area is 237 Å². The quantitative estimate of drug-likeness (QED) is 0.192. The number of pyridine rings is 1. The number of ether oxygens (including phenoxy) is 3. The number of esters is 1. The molecule has 2 aromatic carbocycles. The molecule has 3 aromatic rings. The molecule has 11 nitrogen and oxygen atoms in total. The molecular weight excluding hydrogens is 528 g/mol. The number of amides is 3. The van der Waals surface area contributed by atoms with Gasteiger partial charge in [0.25, 0.3) is 0 Å². The van der Waals surface area contributed by atoms with Gasteiger partial charge in [0.2, 0.25) is 5.91 Å². The minimum Gasteiger partial charge on any atom is -0.462 e. The molecule has 1 atom stereocenters. The summed E-state index contributed by atoms with van der Waals surface area (Å²) in [6, 6.07) is 17.6. The van der Waals surface area contributed by atoms with Crippen molar-refractivity contribution in [3.05, 3.63) is 78.0 Å². The standard InChI is InChI=1S/C30H32N4O7/c1-3-4-15-39-28(36)25-7-5-6-8-26(25)33-29(37)40-19-21-9-11-22(12-10-21)23-13-14-27(32-16-23)34-18-24(41-30(34)38)17-31-20(2)35/h5-14,16,24H,3-4,15,17-19H2,1-2H3,(H,31,35)(H,33,37)/t24-/m0/s1. The third kappa shape index (κ3) is 8.04. The summed E-state index contributed by atoms with van der Waals surface area (Å²) >= 11 is 0. The smallest absolute Gasteiger partial charge is 0.416 e. The first-order chi connectivity index (χ1) is 19.8. The number of aromatic nitrogens is 1. The third-order valence-electron chi connectivity index (χ3n) is 6.25. The van der Waals surface area contributed by atoms with Crippen molar-refractivity contribution >= 4 is 35.6 Å². The Morgan fingerprint density at radius 1 is 1.02 bits per heavy atom. The van der Waals surface area contributed by atoms with Crippen molar-refractivity contribution in [2.75, 3.05) is 29.9 Å². The molecule has 0 unspecified atom stereocenters. The molecule has 0 aliphatic carbocycles. The van der Waals surface area contributed by atoms with Gasteiger partial charge in [0, 0.05) is 18.7 Å². The second kappa shape index (κ2) is 13.9. The zero-order chi connectivity index (χ0) is 29.2. The predicted octanol–water partition coefficient (Wildman–Crippen LogP) is 4.92. The molecule has 0 radical (unpaired) electrons. The molecule has 1 aliphatic rings. The van der Waals surface area contributed by atoms with E-state index in [4.69, 9.17) is 14.2 Å². The van der Waals surface area contributed by atoms with Crippen LogP contribution in [-0.4, -0.2) is 54.8 Å². The van der Waals surface area contributed by atoms with Crippen molar-refractivity contribution in [3.63, 3.8) is 0 Å². The van der Waals surface area contributed by atoms with E-state index in [9.17, 15) is 19.2 Å². The largest absolute Gasteiger partial charge is 0.462 e. The third-order valence-corrected chi connectivity index (χ3v) is 6.25. The highest BCUT2D eigenvalue weighted by molar-refractivity contribution is 5.99. The summed E-state index contributed by atoms with van der Waals surface area (Å²) in [6.45, 7) is 4.30. The number of benzene rings is 2. The van der Waals surface area contributed by atoms with Gasteiger partial charge in [-0.15, -0.1) is 0 Å². The van der Waals surface area contributed by atoms with Crippen molar-refractivity contribution < 1.29 is 33.4 Å². The van der Waals surface area contributed by atoms with Gasteiger partial charge in [0.1, 0.15) is 18.5 Å². The Kier molecular flexibility index (Phi) is 9.87. The Hall–Kier alpha value is -4.93. The van der Waals surface area contributed by atoms with Crippen LogP contribution in [-0.2, 0) is 25.6 Å². The number of carbonyl (C=O) groups excluding carboxylic acids is 4. The minimum atomic E-state index is -0.692. The monoisotopic (exact) mass is 560 g/mol. The maximum Gasteiger partial charge on any atom is 0.416 e. The van der Waals surface area contributed by atoms with Crippen molar-refractivity contribution in [3.8, 4) is 11.1 Å². The summed E-state index contributed by atoms with van der Waals surface area (Å²) in [5, 5.41) is 5.25. The molecule has 1 fully saturated rings. The molecule has 214 valence electrons. The summed E-state index contributed by atoms with van der Waals surface area (Å²) in [6.07, 6.45) is 1.69. The SMILES string of the molecule is CCCCOC(=O)c1ccccc1NC(=O)OCc1ccc(-c2ccc(N3C[C@H](CNC(C)=O)OC3=O)nc2)cc1. The number of para-hydroxylation sites is 1. The van der Waals surface area contributed by atoms with Crippen LogP contribution in [0.25, 0.3) is 11.1 Å². The normalized spacial score (nSPS) is 14.2. The van der Waals surface area contributed by atoms with Crippen LogP contribution in [0.2, 0.25) is 0 Å². The Morgan fingerprint density at radius 2 is 1.78 bits per heavy atom. The second-order valence-corrected chi connectivity index (χ2v) is 9.39. The van der Waals surface area contributed by atoms with E-state index < -0.39 is 24.3 Å². The van der Waals surface area contributed by atoms with Crippen molar-refractivity contribution in [1.82, 2.24) is 10.3 Å². The van der Waals surface area contributed by atoms with Crippen molar-refractivity contribution in [1.29, 1.82) is 0 Å². The van der Waals surface area contributed by atoms with Crippen LogP contribution in [0.5, 0.6) is 0 Å². The van der Waals surface area contributed by atoms with E-state index in [1.54, 1.807) is 36.5 Å². The summed E-state index contributed by atoms with van der Waals surface area (Å²) < 4.78 is 15.9. The number of unbranched alkanes of at least 4 members (excludes halogenated alkanes) is 1. The molecule has 11 heteroatoms. The molecule has 1 aromatic heterocycles. The lowest BCUT2D eigenvalue weighted by molar-refractivity contribution is -0.119. The first-order valence-corrected chi connectivity index (χ1v) is 13.3. The van der Waals surface area contributed by atoms with Gasteiger partial charge in [-0.3, -0.25) is 15.0 Å². The molecule has 41 heavy (non-hydrogen) atoms. The lowest BCUT2D eigenvalue weighted by Gasteiger charge is -2.13. The molecule has 2 heterocycles. The average Bonchev–Trinajstić information content (AvgIpc) is 3.36. The van der Waals surface area contributed by atoms with E-state index in [0.29, 0.717) is 24.7 Å². The van der Waals surface area contributed by atoms with Gasteiger partial charge in [-0.25, -0.2) is 19.4 Å². The highest BCUT2D eigenvalue weighted by Crippen LogP contribution is 2.24. The van der Waals surface area contributed by atoms with Crippen LogP contribution in [0.4, 0.5) is 21.1 Å². The molecule has 0 bridgehead atoms. The Balaban J connectivity index is 1.29. The first kappa shape index (κ1) is 29.1. The van der Waals surface area contributed by atoms with Crippen LogP contribution >= 0.6 is 0 Å². The number of hydrogen-bond acceptors (Lipinski definition) is 8. The summed E-state index contributed by atoms with van der Waals surface area (Å²) in [4.78, 5) is 53.9. The average molecular weight is 561 g/mol. The van der Waals surface area contributed by atoms with E-state index in [1.807, 2.05) is 37.3 Å². The van der Waals surface area contributed by atoms with E-state index in [1.165, 1.54) is 11.8 Å². The van der Waals surface area contributed by atoms with Crippen LogP contribution in [0.1, 0.15) is 42.6 Å². The maximum atomic E-state index is 12.4. The summed E-state index contributed by atoms with van der Waals surface area (Å²) in [5.74, 6) is -0.236. The van der Waals surface area contributed by atoms with Crippen LogP contribution in [0.3, 0.4) is 0 Å². The molecule has 2 N–H and O–H groups in total. The summed E-state index contributed by atoms with van der Waals surface area (Å²) in [5.41, 5.74) is 3.07. The minimum absolute atomic E-state index is 0.0309. The number of nitrogens with zero attached hydrogens (tertiary/aromatic N) is 2. The molecule has 0 spiro atoms. The number of rotatable bonds is 11. The van der Waals surface area contributed by atoms with Gasteiger partial charge >= 0.3 is 18.2 Å². The number of nitrogens with one attached hydrogen (secondary N) is 2. The fourth-order valence-electron chi connectivity index (χ4n) is 4.03. The summed E-state index contributed by atoms with van der Waals surface area (Å²) in [7, 11) is 0. The zero-order valence-corrected chi connectivity index (χ0v) is 22.9. The molecule has 4 rings (SSSR count). The van der Waals surface area contributed by atoms with Crippen LogP contribution in [0.15, 0.2) is 66.9 Å². The van der Waals surface area contributed by atoms with Crippen LogP contribution < -0.4 is 15.5 Å². The molecule has 1 saturated heterocycles. The van der Waals surface area contributed by atoms with E-state index >= 15 is 0 Å². The van der Waals surface area contributed by atoms with E-state index in [2.05, 4.69) is 15.6 Å². The first-order valence-electron chi connectivity index (χ1n) is 13.3. The number of anilines is 2. The van der Waals surface area contributed by atoms with Gasteiger partial charge in [0.05, 0.1) is 30.9 Å². The highest BCUT2D eigenvalue weighted by Gasteiger charge is 2.33. The number of cyclic esters (lactones) is 1. The molecule has 0 saturated carbocycles. The Bertz CT molecular complexity index is 1380. The van der Waals surface area contributed by atoms with Crippen LogP contribution in [0, 0.1) is 0 Å². The van der Waals surface area contributed by atoms with E-state index in [-0.39, 0.29) is 24.6 Å². The number of carbonyl (C=O) groups is 4. The topological polar surface area (TPSA) is 136 Å². The van der Waals surface area contributed by atoms with Gasteiger partial charge < -0.3 is 19.5 Å². The van der Waals surface area contributed by atoms with Gasteiger partial charge in [0.15, 0.2) is 0 Å². The second-order valence-electron chi connectivity index (χ2n) is 9.39. The number of hydrogen-bond donors (Lipinski definition) is 2. The van der Waals surface area contributed by atoms with Gasteiger partial charge in [-0.1, -0.05) is 49.7 Å². The lowest BCUT2D eigenvalue weighted by Crippen LogP contribution is -2.33.